The van der Waals surface area contributed by atoms with Gasteiger partial charge in [-0.25, -0.2) is 0 Å². The average Bonchev–Trinajstić information content (AvgIpc) is 1.89. The zero-order chi connectivity index (χ0) is 8.57. The van der Waals surface area contributed by atoms with Crippen LogP contribution in [0, 0.1) is 11.8 Å². The molecule has 0 aromatic heterocycles. The molecule has 11 heavy (non-hydrogen) atoms. The quantitative estimate of drug-likeness (QED) is 0.661. The maximum Gasteiger partial charge on any atom is -0.00541 e. The summed E-state index contributed by atoms with van der Waals surface area (Å²) in [5.41, 5.74) is 5.17. The summed E-state index contributed by atoms with van der Waals surface area (Å²) in [6.45, 7) is 11.6. The van der Waals surface area contributed by atoms with Crippen LogP contribution in [-0.2, 0) is 0 Å². The Bertz CT molecular complexity index is 40.8. The van der Waals surface area contributed by atoms with Gasteiger partial charge in [-0.3, -0.25) is 0 Å². The summed E-state index contributed by atoms with van der Waals surface area (Å²) in [6.07, 6.45) is 1.31. The fraction of sp³-hybridized carbons (Fsp3) is 1.00. The summed E-state index contributed by atoms with van der Waals surface area (Å²) in [5, 5.41) is 0. The fourth-order valence-corrected chi connectivity index (χ4v) is 0. The van der Waals surface area contributed by atoms with Gasteiger partial charge in [0, 0.05) is 0 Å². The van der Waals surface area contributed by atoms with Gasteiger partial charge in [-0.1, -0.05) is 48.5 Å². The van der Waals surface area contributed by atoms with Gasteiger partial charge < -0.3 is 5.73 Å². The third kappa shape index (κ3) is 40.2. The van der Waals surface area contributed by atoms with Gasteiger partial charge in [0.15, 0.2) is 0 Å². The fourth-order valence-electron chi connectivity index (χ4n) is 0. The van der Waals surface area contributed by atoms with Gasteiger partial charge in [-0.15, -0.1) is 0 Å². The summed E-state index contributed by atoms with van der Waals surface area (Å²) >= 11 is 0. The molecule has 0 aliphatic heterocycles. The maximum atomic E-state index is 5.17. The number of hydrogen-bond acceptors (Lipinski definition) is 1. The van der Waals surface area contributed by atoms with Crippen molar-refractivity contribution in [1.29, 1.82) is 0 Å². The molecule has 0 aromatic rings. The van der Waals surface area contributed by atoms with Crippen LogP contribution in [-0.4, -0.2) is 6.54 Å². The molecule has 0 saturated carbocycles. The molecule has 0 spiro atoms. The summed E-state index contributed by atoms with van der Waals surface area (Å²) in [6, 6.07) is 0. The Morgan fingerprint density at radius 3 is 1.18 bits per heavy atom. The Kier molecular flexibility index (Phi) is 19.7. The van der Waals surface area contributed by atoms with Crippen LogP contribution < -0.4 is 5.73 Å². The topological polar surface area (TPSA) is 26.0 Å². The van der Waals surface area contributed by atoms with E-state index in [1.165, 1.54) is 6.42 Å². The second-order valence-electron chi connectivity index (χ2n) is 3.43. The third-order valence-corrected chi connectivity index (χ3v) is 1.29. The van der Waals surface area contributed by atoms with Gasteiger partial charge in [-0.05, 0) is 18.4 Å². The third-order valence-electron chi connectivity index (χ3n) is 1.29. The van der Waals surface area contributed by atoms with Gasteiger partial charge in [0.1, 0.15) is 0 Å². The summed E-state index contributed by atoms with van der Waals surface area (Å²) < 4.78 is 0. The van der Waals surface area contributed by atoms with E-state index in [0.717, 1.165) is 12.5 Å². The predicted octanol–water partition coefficient (Wildman–Crippen LogP) is 3.29. The van der Waals surface area contributed by atoms with E-state index < -0.39 is 0 Å². The molecule has 0 fully saturated rings. The molecule has 0 aliphatic rings. The van der Waals surface area contributed by atoms with E-state index in [1.54, 1.807) is 0 Å². The molecule has 1 nitrogen and oxygen atoms in total. The Morgan fingerprint density at radius 2 is 1.18 bits per heavy atom. The van der Waals surface area contributed by atoms with Crippen LogP contribution in [0.3, 0.4) is 0 Å². The van der Waals surface area contributed by atoms with Crippen LogP contribution >= 0.6 is 0 Å². The second-order valence-corrected chi connectivity index (χ2v) is 3.43. The monoisotopic (exact) mass is 161 g/mol. The lowest BCUT2D eigenvalue weighted by molar-refractivity contribution is 0.626. The molecule has 1 heteroatoms. The van der Waals surface area contributed by atoms with Crippen LogP contribution in [0.15, 0.2) is 0 Å². The lowest BCUT2D eigenvalue weighted by Gasteiger charge is -1.91. The van der Waals surface area contributed by atoms with Gasteiger partial charge in [0.05, 0.1) is 0 Å². The van der Waals surface area contributed by atoms with Crippen molar-refractivity contribution in [3.05, 3.63) is 0 Å². The Hall–Kier alpha value is -0.0400. The minimum atomic E-state index is 0. The minimum absolute atomic E-state index is 0. The highest BCUT2D eigenvalue weighted by Gasteiger charge is 1.80. The van der Waals surface area contributed by atoms with Gasteiger partial charge >= 0.3 is 0 Å². The lowest BCUT2D eigenvalue weighted by atomic mass is 10.2. The predicted molar refractivity (Wildman–Crippen MR) is 55.8 cm³/mol. The first-order valence-electron chi connectivity index (χ1n) is 4.24. The van der Waals surface area contributed by atoms with Crippen molar-refractivity contribution in [1.82, 2.24) is 0 Å². The number of rotatable bonds is 2. The highest BCUT2D eigenvalue weighted by molar-refractivity contribution is 4.38. The smallest absolute Gasteiger partial charge is 0.00541 e. The number of hydrogen-bond donors (Lipinski definition) is 1. The van der Waals surface area contributed by atoms with Crippen LogP contribution in [0.4, 0.5) is 0 Å². The van der Waals surface area contributed by atoms with Gasteiger partial charge in [0.25, 0.3) is 0 Å². The van der Waals surface area contributed by atoms with Gasteiger partial charge in [0.2, 0.25) is 0 Å². The molecular formula is C10H27N. The summed E-state index contributed by atoms with van der Waals surface area (Å²) in [4.78, 5) is 0. The van der Waals surface area contributed by atoms with Crippen LogP contribution in [0.2, 0.25) is 0 Å². The molecule has 0 rings (SSSR count). The van der Waals surface area contributed by atoms with Crippen molar-refractivity contribution < 1.29 is 0 Å². The zero-order valence-electron chi connectivity index (χ0n) is 8.15. The van der Waals surface area contributed by atoms with Crippen molar-refractivity contribution >= 4 is 0 Å². The van der Waals surface area contributed by atoms with E-state index >= 15 is 0 Å². The number of nitrogens with two attached hydrogens (primary N) is 1. The maximum absolute atomic E-state index is 5.17. The molecule has 2 N–H and O–H groups in total. The minimum Gasteiger partial charge on any atom is -0.330 e. The van der Waals surface area contributed by atoms with Crippen molar-refractivity contribution in [2.24, 2.45) is 17.6 Å². The van der Waals surface area contributed by atoms with E-state index in [9.17, 15) is 0 Å². The average molecular weight is 161 g/mol. The van der Waals surface area contributed by atoms with E-state index in [4.69, 9.17) is 5.73 Å². The molecule has 72 valence electrons. The SMILES string of the molecule is C.CC(C)CN.CCC(C)C. The van der Waals surface area contributed by atoms with Crippen LogP contribution in [0.1, 0.15) is 48.5 Å². The lowest BCUT2D eigenvalue weighted by Crippen LogP contribution is -2.05. The Balaban J connectivity index is -0.000000107. The van der Waals surface area contributed by atoms with Crippen molar-refractivity contribution in [2.45, 2.75) is 48.5 Å². The first-order valence-corrected chi connectivity index (χ1v) is 4.24. The van der Waals surface area contributed by atoms with E-state index in [2.05, 4.69) is 34.6 Å². The Labute approximate surface area is 73.4 Å². The normalized spacial score (nSPS) is 8.73. The van der Waals surface area contributed by atoms with E-state index in [0.29, 0.717) is 5.92 Å². The molecule has 0 saturated heterocycles. The molecule has 0 heterocycles. The first kappa shape index (κ1) is 17.2. The molecule has 0 radical (unpaired) electrons. The standard InChI is InChI=1S/C5H12.C4H11N.CH4/c1-4-5(2)3;1-4(2)3-5;/h5H,4H2,1-3H3;4H,3,5H2,1-2H3;1H4. The summed E-state index contributed by atoms with van der Waals surface area (Å²) in [7, 11) is 0. The highest BCUT2D eigenvalue weighted by Crippen LogP contribution is 1.93. The summed E-state index contributed by atoms with van der Waals surface area (Å²) in [5.74, 6) is 1.55. The first-order chi connectivity index (χ1) is 4.54. The van der Waals surface area contributed by atoms with Crippen LogP contribution in [0.5, 0.6) is 0 Å². The van der Waals surface area contributed by atoms with Gasteiger partial charge in [-0.2, -0.15) is 0 Å². The van der Waals surface area contributed by atoms with Crippen LogP contribution in [0.25, 0.3) is 0 Å². The largest absolute Gasteiger partial charge is 0.330 e. The van der Waals surface area contributed by atoms with Crippen molar-refractivity contribution in [2.75, 3.05) is 6.54 Å². The van der Waals surface area contributed by atoms with Crippen molar-refractivity contribution in [3.8, 4) is 0 Å². The molecule has 0 unspecified atom stereocenters. The van der Waals surface area contributed by atoms with E-state index in [-0.39, 0.29) is 7.43 Å². The second kappa shape index (κ2) is 12.6. The van der Waals surface area contributed by atoms with E-state index in [1.807, 2.05) is 0 Å². The zero-order valence-corrected chi connectivity index (χ0v) is 8.15. The molecule has 0 atom stereocenters. The Morgan fingerprint density at radius 1 is 1.00 bits per heavy atom. The highest BCUT2D eigenvalue weighted by atomic mass is 14.5. The molecule has 0 aromatic carbocycles. The molecule has 0 amide bonds. The molecule has 0 aliphatic carbocycles. The molecule has 0 bridgehead atoms. The molecular weight excluding hydrogens is 134 g/mol. The van der Waals surface area contributed by atoms with Crippen molar-refractivity contribution in [3.63, 3.8) is 0 Å².